The number of nitrogens with one attached hydrogen (secondary N) is 1. The molecule has 15 heavy (non-hydrogen) atoms. The minimum atomic E-state index is 0.640. The van der Waals surface area contributed by atoms with Gasteiger partial charge in [-0.15, -0.1) is 0 Å². The summed E-state index contributed by atoms with van der Waals surface area (Å²) in [5.74, 6) is 0.836. The fraction of sp³-hybridized carbons (Fsp3) is 0.700. The van der Waals surface area contributed by atoms with E-state index in [2.05, 4.69) is 10.5 Å². The summed E-state index contributed by atoms with van der Waals surface area (Å²) in [5, 5.41) is 7.07. The number of aryl methyl sites for hydroxylation is 1. The second kappa shape index (κ2) is 7.39. The van der Waals surface area contributed by atoms with Gasteiger partial charge >= 0.3 is 0 Å². The standard InChI is InChI=1S/C10H18N2O3/c1-9-7-10(12-15-9)8-11-3-4-14-6-5-13-2/h7,11H,3-6,8H2,1-2H3. The topological polar surface area (TPSA) is 56.5 Å². The average molecular weight is 214 g/mol. The summed E-state index contributed by atoms with van der Waals surface area (Å²) in [6, 6.07) is 1.92. The van der Waals surface area contributed by atoms with Gasteiger partial charge in [-0.2, -0.15) is 0 Å². The summed E-state index contributed by atoms with van der Waals surface area (Å²) >= 11 is 0. The van der Waals surface area contributed by atoms with E-state index in [4.69, 9.17) is 14.0 Å². The molecular formula is C10H18N2O3. The van der Waals surface area contributed by atoms with Crippen molar-refractivity contribution in [2.24, 2.45) is 0 Å². The van der Waals surface area contributed by atoms with Crippen LogP contribution in [0, 0.1) is 6.92 Å². The van der Waals surface area contributed by atoms with E-state index in [1.54, 1.807) is 7.11 Å². The van der Waals surface area contributed by atoms with Crippen molar-refractivity contribution in [2.45, 2.75) is 13.5 Å². The zero-order chi connectivity index (χ0) is 10.9. The van der Waals surface area contributed by atoms with Crippen LogP contribution in [0.5, 0.6) is 0 Å². The third kappa shape index (κ3) is 5.51. The number of aromatic nitrogens is 1. The quantitative estimate of drug-likeness (QED) is 0.647. The molecule has 5 heteroatoms. The fourth-order valence-corrected chi connectivity index (χ4v) is 1.11. The summed E-state index contributed by atoms with van der Waals surface area (Å²) in [7, 11) is 1.66. The van der Waals surface area contributed by atoms with Crippen molar-refractivity contribution >= 4 is 0 Å². The molecule has 0 aliphatic carbocycles. The first-order valence-electron chi connectivity index (χ1n) is 5.02. The van der Waals surface area contributed by atoms with Gasteiger partial charge in [-0.1, -0.05) is 5.16 Å². The van der Waals surface area contributed by atoms with Crippen LogP contribution in [0.15, 0.2) is 10.6 Å². The van der Waals surface area contributed by atoms with Crippen LogP contribution in [0.25, 0.3) is 0 Å². The summed E-state index contributed by atoms with van der Waals surface area (Å²) in [5.41, 5.74) is 0.921. The molecule has 1 aromatic rings. The molecular weight excluding hydrogens is 196 g/mol. The highest BCUT2D eigenvalue weighted by Gasteiger charge is 1.98. The van der Waals surface area contributed by atoms with Gasteiger partial charge in [-0.25, -0.2) is 0 Å². The lowest BCUT2D eigenvalue weighted by Crippen LogP contribution is -2.20. The van der Waals surface area contributed by atoms with E-state index < -0.39 is 0 Å². The highest BCUT2D eigenvalue weighted by atomic mass is 16.5. The van der Waals surface area contributed by atoms with E-state index in [1.165, 1.54) is 0 Å². The number of hydrogen-bond donors (Lipinski definition) is 1. The van der Waals surface area contributed by atoms with E-state index in [0.717, 1.165) is 18.0 Å². The van der Waals surface area contributed by atoms with Gasteiger partial charge in [0.05, 0.1) is 25.5 Å². The number of nitrogens with zero attached hydrogens (tertiary/aromatic N) is 1. The van der Waals surface area contributed by atoms with Gasteiger partial charge in [0.1, 0.15) is 5.76 Å². The number of hydrogen-bond acceptors (Lipinski definition) is 5. The minimum Gasteiger partial charge on any atom is -0.382 e. The summed E-state index contributed by atoms with van der Waals surface area (Å²) in [6.07, 6.45) is 0. The normalized spacial score (nSPS) is 10.8. The Hall–Kier alpha value is -0.910. The van der Waals surface area contributed by atoms with Crippen molar-refractivity contribution < 1.29 is 14.0 Å². The zero-order valence-corrected chi connectivity index (χ0v) is 9.28. The summed E-state index contributed by atoms with van der Waals surface area (Å²) < 4.78 is 15.1. The minimum absolute atomic E-state index is 0.640. The van der Waals surface area contributed by atoms with Gasteiger partial charge in [-0.05, 0) is 6.92 Å². The Morgan fingerprint density at radius 2 is 2.27 bits per heavy atom. The van der Waals surface area contributed by atoms with Gasteiger partial charge in [0.15, 0.2) is 0 Å². The van der Waals surface area contributed by atoms with E-state index in [0.29, 0.717) is 26.4 Å². The lowest BCUT2D eigenvalue weighted by Gasteiger charge is -2.03. The Morgan fingerprint density at radius 3 is 2.93 bits per heavy atom. The smallest absolute Gasteiger partial charge is 0.133 e. The lowest BCUT2D eigenvalue weighted by molar-refractivity contribution is 0.0718. The third-order valence-electron chi connectivity index (χ3n) is 1.84. The van der Waals surface area contributed by atoms with Crippen LogP contribution in [0.1, 0.15) is 11.5 Å². The number of ether oxygens (including phenoxy) is 2. The van der Waals surface area contributed by atoms with Gasteiger partial charge in [0, 0.05) is 26.3 Å². The van der Waals surface area contributed by atoms with E-state index >= 15 is 0 Å². The SMILES string of the molecule is COCCOCCNCc1cc(C)on1. The van der Waals surface area contributed by atoms with Gasteiger partial charge in [0.25, 0.3) is 0 Å². The molecule has 1 rings (SSSR count). The van der Waals surface area contributed by atoms with Crippen LogP contribution in [-0.4, -0.2) is 38.6 Å². The Balaban J connectivity index is 1.93. The predicted molar refractivity (Wildman–Crippen MR) is 55.6 cm³/mol. The first-order chi connectivity index (χ1) is 7.33. The Kier molecular flexibility index (Phi) is 5.99. The Bertz CT molecular complexity index is 263. The van der Waals surface area contributed by atoms with E-state index in [9.17, 15) is 0 Å². The fourth-order valence-electron chi connectivity index (χ4n) is 1.11. The number of methoxy groups -OCH3 is 1. The molecule has 0 amide bonds. The van der Waals surface area contributed by atoms with Crippen LogP contribution >= 0.6 is 0 Å². The van der Waals surface area contributed by atoms with E-state index in [-0.39, 0.29) is 0 Å². The van der Waals surface area contributed by atoms with Crippen LogP contribution in [0.3, 0.4) is 0 Å². The Morgan fingerprint density at radius 1 is 1.40 bits per heavy atom. The molecule has 0 aromatic carbocycles. The molecule has 0 aliphatic heterocycles. The molecule has 1 N–H and O–H groups in total. The Labute approximate surface area is 89.7 Å². The van der Waals surface area contributed by atoms with E-state index in [1.807, 2.05) is 13.0 Å². The molecule has 0 bridgehead atoms. The number of rotatable bonds is 8. The maximum absolute atomic E-state index is 5.29. The molecule has 0 spiro atoms. The van der Waals surface area contributed by atoms with Crippen LogP contribution in [0.2, 0.25) is 0 Å². The maximum Gasteiger partial charge on any atom is 0.133 e. The van der Waals surface area contributed by atoms with Crippen LogP contribution in [-0.2, 0) is 16.0 Å². The molecule has 1 heterocycles. The summed E-state index contributed by atoms with van der Waals surface area (Å²) in [4.78, 5) is 0. The monoisotopic (exact) mass is 214 g/mol. The van der Waals surface area contributed by atoms with Crippen molar-refractivity contribution in [3.63, 3.8) is 0 Å². The van der Waals surface area contributed by atoms with Crippen molar-refractivity contribution in [3.05, 3.63) is 17.5 Å². The third-order valence-corrected chi connectivity index (χ3v) is 1.84. The molecule has 1 aromatic heterocycles. The van der Waals surface area contributed by atoms with Crippen molar-refractivity contribution in [1.82, 2.24) is 10.5 Å². The molecule has 5 nitrogen and oxygen atoms in total. The van der Waals surface area contributed by atoms with Gasteiger partial charge < -0.3 is 19.3 Å². The predicted octanol–water partition coefficient (Wildman–Crippen LogP) is 0.736. The molecule has 0 aliphatic rings. The maximum atomic E-state index is 5.29. The van der Waals surface area contributed by atoms with Crippen molar-refractivity contribution in [3.8, 4) is 0 Å². The lowest BCUT2D eigenvalue weighted by atomic mass is 10.4. The largest absolute Gasteiger partial charge is 0.382 e. The molecule has 86 valence electrons. The first kappa shape index (κ1) is 12.2. The van der Waals surface area contributed by atoms with Gasteiger partial charge in [-0.3, -0.25) is 0 Å². The van der Waals surface area contributed by atoms with Crippen LogP contribution < -0.4 is 5.32 Å². The highest BCUT2D eigenvalue weighted by molar-refractivity contribution is 5.02. The second-order valence-electron chi connectivity index (χ2n) is 3.21. The molecule has 0 fully saturated rings. The second-order valence-corrected chi connectivity index (χ2v) is 3.21. The highest BCUT2D eigenvalue weighted by Crippen LogP contribution is 1.99. The van der Waals surface area contributed by atoms with Gasteiger partial charge in [0.2, 0.25) is 0 Å². The average Bonchev–Trinajstić information content (AvgIpc) is 2.63. The van der Waals surface area contributed by atoms with Crippen LogP contribution in [0.4, 0.5) is 0 Å². The first-order valence-corrected chi connectivity index (χ1v) is 5.02. The molecule has 0 radical (unpaired) electrons. The molecule has 0 saturated heterocycles. The molecule has 0 unspecified atom stereocenters. The van der Waals surface area contributed by atoms with Crippen molar-refractivity contribution in [2.75, 3.05) is 33.5 Å². The molecule has 0 saturated carbocycles. The summed E-state index contributed by atoms with van der Waals surface area (Å²) in [6.45, 7) is 5.36. The molecule has 0 atom stereocenters. The van der Waals surface area contributed by atoms with Crippen molar-refractivity contribution in [1.29, 1.82) is 0 Å². The zero-order valence-electron chi connectivity index (χ0n) is 9.28.